The normalized spacial score (nSPS) is 10.1. The van der Waals surface area contributed by atoms with Gasteiger partial charge in [-0.2, -0.15) is 0 Å². The maximum atomic E-state index is 7.37. The van der Waals surface area contributed by atoms with Crippen molar-refractivity contribution in [2.45, 2.75) is 0 Å². The van der Waals surface area contributed by atoms with Gasteiger partial charge in [-0.25, -0.2) is 5.26 Å². The SMILES string of the molecule is [B]OOOOOOOOO. The second kappa shape index (κ2) is 8.70. The molecule has 0 unspecified atom stereocenters. The van der Waals surface area contributed by atoms with Crippen LogP contribution in [0.3, 0.4) is 0 Å². The molecule has 10 heavy (non-hydrogen) atoms. The first-order chi connectivity index (χ1) is 4.91. The van der Waals surface area contributed by atoms with Crippen LogP contribution in [0, 0.1) is 0 Å². The molecule has 0 saturated heterocycles. The Morgan fingerprint density at radius 2 is 1.30 bits per heavy atom. The van der Waals surface area contributed by atoms with Gasteiger partial charge in [0.25, 0.3) is 0 Å². The van der Waals surface area contributed by atoms with Gasteiger partial charge in [-0.1, -0.05) is 5.04 Å². The minimum atomic E-state index is 2.87. The maximum Gasteiger partial charge on any atom is 0.342 e. The third kappa shape index (κ3) is 7.70. The molecule has 2 radical (unpaired) electrons. The smallest absolute Gasteiger partial charge is 0.286 e. The van der Waals surface area contributed by atoms with Crippen molar-refractivity contribution in [3.8, 4) is 0 Å². The summed E-state index contributed by atoms with van der Waals surface area (Å²) in [5.41, 5.74) is 0. The molecule has 0 rings (SSSR count). The molecular weight excluding hydrogens is 155 g/mol. The summed E-state index contributed by atoms with van der Waals surface area (Å²) in [5, 5.41) is 30.4. The second-order valence-corrected chi connectivity index (χ2v) is 0.579. The highest BCUT2D eigenvalue weighted by Crippen LogP contribution is 1.85. The summed E-state index contributed by atoms with van der Waals surface area (Å²) >= 11 is 0. The fraction of sp³-hybridized carbons (Fsp3) is 0. The summed E-state index contributed by atoms with van der Waals surface area (Å²) in [6, 6.07) is 0. The van der Waals surface area contributed by atoms with E-state index in [1.807, 2.05) is 0 Å². The molecule has 0 aliphatic rings. The molecular formula is HBO9. The molecule has 0 saturated carbocycles. The van der Waals surface area contributed by atoms with E-state index in [2.05, 4.69) is 48.1 Å². The Morgan fingerprint density at radius 1 is 0.800 bits per heavy atom. The van der Waals surface area contributed by atoms with Gasteiger partial charge in [0.05, 0.1) is 0 Å². The topological polar surface area (TPSA) is 94.1 Å². The lowest BCUT2D eigenvalue weighted by atomic mass is 10.6. The summed E-state index contributed by atoms with van der Waals surface area (Å²) in [6.45, 7) is 0. The molecule has 0 aromatic rings. The molecule has 0 aromatic carbocycles. The average Bonchev–Trinajstić information content (AvgIpc) is 1.97. The van der Waals surface area contributed by atoms with Crippen LogP contribution >= 0.6 is 0 Å². The van der Waals surface area contributed by atoms with E-state index >= 15 is 0 Å². The van der Waals surface area contributed by atoms with Crippen LogP contribution in [-0.4, -0.2) is 13.3 Å². The molecule has 0 aromatic heterocycles. The van der Waals surface area contributed by atoms with E-state index in [1.54, 1.807) is 0 Å². The molecule has 0 heterocycles. The number of hydrogen-bond donors (Lipinski definition) is 1. The first-order valence-corrected chi connectivity index (χ1v) is 1.58. The highest BCUT2D eigenvalue weighted by Gasteiger charge is 1.91. The molecule has 0 aliphatic heterocycles. The van der Waals surface area contributed by atoms with Crippen LogP contribution in [0.1, 0.15) is 0 Å². The number of rotatable bonds is 7. The van der Waals surface area contributed by atoms with Gasteiger partial charge in [-0.3, -0.25) is 4.81 Å². The Kier molecular flexibility index (Phi) is 8.45. The third-order valence-electron chi connectivity index (χ3n) is 0.209. The van der Waals surface area contributed by atoms with Crippen molar-refractivity contribution in [3.63, 3.8) is 0 Å². The molecule has 0 aliphatic carbocycles. The molecule has 9 nitrogen and oxygen atoms in total. The zero-order valence-electron chi connectivity index (χ0n) is 4.29. The molecule has 10 heteroatoms. The quantitative estimate of drug-likeness (QED) is 0.217. The summed E-state index contributed by atoms with van der Waals surface area (Å²) in [7, 11) is 4.25. The van der Waals surface area contributed by atoms with Crippen LogP contribution in [-0.2, 0) is 40.1 Å². The predicted octanol–water partition coefficient (Wildman–Crippen LogP) is -0.919. The monoisotopic (exact) mass is 156 g/mol. The van der Waals surface area contributed by atoms with E-state index in [1.165, 1.54) is 0 Å². The lowest BCUT2D eigenvalue weighted by Crippen LogP contribution is -2.00. The largest absolute Gasteiger partial charge is 0.342 e. The first-order valence-electron chi connectivity index (χ1n) is 1.58. The summed E-state index contributed by atoms with van der Waals surface area (Å²) in [6.07, 6.45) is 0. The van der Waals surface area contributed by atoms with Crippen LogP contribution in [0.25, 0.3) is 0 Å². The van der Waals surface area contributed by atoms with Crippen LogP contribution in [0.4, 0.5) is 0 Å². The van der Waals surface area contributed by atoms with Gasteiger partial charge in [-0.05, 0) is 30.2 Å². The zero-order valence-corrected chi connectivity index (χ0v) is 4.29. The predicted molar refractivity (Wildman–Crippen MR) is 17.1 cm³/mol. The Labute approximate surface area is 54.7 Å². The fourth-order valence-corrected chi connectivity index (χ4v) is 0.0738. The van der Waals surface area contributed by atoms with E-state index in [9.17, 15) is 0 Å². The van der Waals surface area contributed by atoms with E-state index in [4.69, 9.17) is 5.26 Å². The molecule has 1 N–H and O–H groups in total. The Hall–Kier alpha value is -0.295. The van der Waals surface area contributed by atoms with Crippen LogP contribution in [0.5, 0.6) is 0 Å². The van der Waals surface area contributed by atoms with Crippen molar-refractivity contribution < 1.29 is 45.3 Å². The Balaban J connectivity index is 2.65. The molecule has 0 atom stereocenters. The van der Waals surface area contributed by atoms with Crippen molar-refractivity contribution in [3.05, 3.63) is 0 Å². The fourth-order valence-electron chi connectivity index (χ4n) is 0.0738. The van der Waals surface area contributed by atoms with E-state index in [0.29, 0.717) is 0 Å². The summed E-state index contributed by atoms with van der Waals surface area (Å²) in [4.78, 5) is 3.34. The highest BCUT2D eigenvalue weighted by molar-refractivity contribution is 5.97. The van der Waals surface area contributed by atoms with Crippen molar-refractivity contribution in [2.75, 3.05) is 0 Å². The highest BCUT2D eigenvalue weighted by atomic mass is 17.9. The third-order valence-corrected chi connectivity index (χ3v) is 0.209. The lowest BCUT2D eigenvalue weighted by molar-refractivity contribution is -0.826. The van der Waals surface area contributed by atoms with Gasteiger partial charge in [0, 0.05) is 0 Å². The number of hydrogen-bond acceptors (Lipinski definition) is 9. The summed E-state index contributed by atoms with van der Waals surface area (Å²) < 4.78 is 0. The van der Waals surface area contributed by atoms with Gasteiger partial charge >= 0.3 is 8.05 Å². The second-order valence-electron chi connectivity index (χ2n) is 0.579. The van der Waals surface area contributed by atoms with E-state index in [-0.39, 0.29) is 0 Å². The van der Waals surface area contributed by atoms with Gasteiger partial charge in [0.15, 0.2) is 0 Å². The first kappa shape index (κ1) is 9.70. The zero-order chi connectivity index (χ0) is 7.66. The average molecular weight is 156 g/mol. The summed E-state index contributed by atoms with van der Waals surface area (Å²) in [5.74, 6) is 0. The van der Waals surface area contributed by atoms with E-state index in [0.717, 1.165) is 0 Å². The minimum Gasteiger partial charge on any atom is -0.286 e. The standard InChI is InChI=1S/BHO9/c1-3-5-7-9-10-8-6-4-2/h2H. The van der Waals surface area contributed by atoms with Crippen LogP contribution in [0.15, 0.2) is 0 Å². The Bertz CT molecular complexity index is 44.7. The van der Waals surface area contributed by atoms with Crippen LogP contribution in [0.2, 0.25) is 0 Å². The van der Waals surface area contributed by atoms with Crippen molar-refractivity contribution >= 4 is 8.05 Å². The van der Waals surface area contributed by atoms with Gasteiger partial charge < -0.3 is 0 Å². The molecule has 0 fully saturated rings. The van der Waals surface area contributed by atoms with Gasteiger partial charge in [-0.15, -0.1) is 0 Å². The molecule has 0 spiro atoms. The minimum absolute atomic E-state index is 2.87. The van der Waals surface area contributed by atoms with Gasteiger partial charge in [0.1, 0.15) is 0 Å². The van der Waals surface area contributed by atoms with Crippen LogP contribution < -0.4 is 0 Å². The molecule has 0 bridgehead atoms. The maximum absolute atomic E-state index is 7.37. The van der Waals surface area contributed by atoms with E-state index < -0.39 is 0 Å². The van der Waals surface area contributed by atoms with Crippen molar-refractivity contribution in [1.29, 1.82) is 0 Å². The van der Waals surface area contributed by atoms with Crippen molar-refractivity contribution in [2.24, 2.45) is 0 Å². The molecule has 58 valence electrons. The lowest BCUT2D eigenvalue weighted by Gasteiger charge is -1.95. The Morgan fingerprint density at radius 3 is 1.80 bits per heavy atom. The van der Waals surface area contributed by atoms with Crippen molar-refractivity contribution in [1.82, 2.24) is 0 Å². The molecule has 0 amide bonds. The van der Waals surface area contributed by atoms with Gasteiger partial charge in [0.2, 0.25) is 0 Å².